The van der Waals surface area contributed by atoms with E-state index < -0.39 is 17.7 Å². The zero-order chi connectivity index (χ0) is 18.8. The number of carbonyl (C=O) groups is 3. The van der Waals surface area contributed by atoms with E-state index in [1.165, 1.54) is 12.0 Å². The van der Waals surface area contributed by atoms with Crippen LogP contribution in [0.5, 0.6) is 5.75 Å². The van der Waals surface area contributed by atoms with Crippen molar-refractivity contribution in [3.05, 3.63) is 52.5 Å². The normalized spacial score (nSPS) is 14.2. The summed E-state index contributed by atoms with van der Waals surface area (Å²) in [5.41, 5.74) is 1.26. The first kappa shape index (κ1) is 18.1. The van der Waals surface area contributed by atoms with Crippen molar-refractivity contribution in [2.24, 2.45) is 0 Å². The fourth-order valence-corrected chi connectivity index (χ4v) is 3.35. The summed E-state index contributed by atoms with van der Waals surface area (Å²) < 4.78 is 5.94. The summed E-state index contributed by atoms with van der Waals surface area (Å²) in [6, 6.07) is 11.2. The Labute approximate surface area is 159 Å². The highest BCUT2D eigenvalue weighted by Gasteiger charge is 2.41. The van der Waals surface area contributed by atoms with Crippen LogP contribution in [-0.2, 0) is 9.59 Å². The number of ether oxygens (including phenoxy) is 1. The van der Waals surface area contributed by atoms with E-state index in [0.717, 1.165) is 0 Å². The molecule has 0 saturated carbocycles. The van der Waals surface area contributed by atoms with Crippen molar-refractivity contribution < 1.29 is 19.1 Å². The van der Waals surface area contributed by atoms with Crippen LogP contribution in [0.1, 0.15) is 23.7 Å². The van der Waals surface area contributed by atoms with Gasteiger partial charge < -0.3 is 10.1 Å². The van der Waals surface area contributed by atoms with Gasteiger partial charge in [-0.2, -0.15) is 0 Å². The summed E-state index contributed by atoms with van der Waals surface area (Å²) in [7, 11) is 1.51. The van der Waals surface area contributed by atoms with Gasteiger partial charge in [0.1, 0.15) is 11.8 Å². The highest BCUT2D eigenvalue weighted by atomic mass is 79.9. The zero-order valence-corrected chi connectivity index (χ0v) is 15.9. The monoisotopic (exact) mass is 416 g/mol. The molecule has 0 bridgehead atoms. The summed E-state index contributed by atoms with van der Waals surface area (Å²) >= 11 is 3.30. The van der Waals surface area contributed by atoms with Gasteiger partial charge >= 0.3 is 0 Å². The zero-order valence-electron chi connectivity index (χ0n) is 14.3. The predicted molar refractivity (Wildman–Crippen MR) is 102 cm³/mol. The van der Waals surface area contributed by atoms with Crippen LogP contribution in [0.15, 0.2) is 46.9 Å². The van der Waals surface area contributed by atoms with Gasteiger partial charge in [-0.1, -0.05) is 35.0 Å². The van der Waals surface area contributed by atoms with Crippen molar-refractivity contribution >= 4 is 44.9 Å². The van der Waals surface area contributed by atoms with Crippen LogP contribution in [0.25, 0.3) is 0 Å². The maximum absolute atomic E-state index is 12.8. The molecule has 26 heavy (non-hydrogen) atoms. The largest absolute Gasteiger partial charge is 0.495 e. The maximum atomic E-state index is 12.8. The number of amides is 2. The van der Waals surface area contributed by atoms with E-state index in [9.17, 15) is 14.4 Å². The third-order valence-corrected chi connectivity index (χ3v) is 4.73. The minimum Gasteiger partial charge on any atom is -0.495 e. The van der Waals surface area contributed by atoms with Crippen LogP contribution >= 0.6 is 15.9 Å². The van der Waals surface area contributed by atoms with Crippen molar-refractivity contribution in [2.45, 2.75) is 19.4 Å². The second kappa shape index (κ2) is 7.29. The standard InChI is InChI=1S/C19H17BrN2O4/c1-3-14(18(24)21-13-6-4-5-7-16(13)26-2)22-15-9-8-11(20)10-12(15)17(23)19(22)25/h4-10,14H,3H2,1-2H3,(H,21,24). The van der Waals surface area contributed by atoms with Crippen LogP contribution in [0.2, 0.25) is 0 Å². The first-order chi connectivity index (χ1) is 12.5. The van der Waals surface area contributed by atoms with Gasteiger partial charge in [0.25, 0.3) is 11.7 Å². The highest BCUT2D eigenvalue weighted by Crippen LogP contribution is 2.34. The minimum absolute atomic E-state index is 0.299. The molecule has 1 atom stereocenters. The number of para-hydroxylation sites is 2. The Morgan fingerprint density at radius 3 is 2.65 bits per heavy atom. The molecule has 1 aliphatic rings. The van der Waals surface area contributed by atoms with Crippen LogP contribution < -0.4 is 15.0 Å². The number of fused-ring (bicyclic) bond motifs is 1. The van der Waals surface area contributed by atoms with E-state index in [-0.39, 0.29) is 5.91 Å². The number of hydrogen-bond acceptors (Lipinski definition) is 4. The number of carbonyl (C=O) groups excluding carboxylic acids is 3. The molecule has 1 unspecified atom stereocenters. The molecule has 134 valence electrons. The number of methoxy groups -OCH3 is 1. The topological polar surface area (TPSA) is 75.7 Å². The molecule has 7 heteroatoms. The molecule has 2 amide bonds. The molecule has 1 aliphatic heterocycles. The van der Waals surface area contributed by atoms with Gasteiger partial charge in [0.05, 0.1) is 24.0 Å². The molecule has 2 aromatic carbocycles. The Morgan fingerprint density at radius 2 is 1.96 bits per heavy atom. The quantitative estimate of drug-likeness (QED) is 0.757. The van der Waals surface area contributed by atoms with Crippen LogP contribution in [0.3, 0.4) is 0 Å². The lowest BCUT2D eigenvalue weighted by Gasteiger charge is -2.26. The van der Waals surface area contributed by atoms with E-state index >= 15 is 0 Å². The molecular weight excluding hydrogens is 400 g/mol. The summed E-state index contributed by atoms with van der Waals surface area (Å²) in [6.07, 6.45) is 0.357. The Bertz CT molecular complexity index is 897. The second-order valence-electron chi connectivity index (χ2n) is 5.78. The van der Waals surface area contributed by atoms with Crippen molar-refractivity contribution in [3.63, 3.8) is 0 Å². The van der Waals surface area contributed by atoms with E-state index in [2.05, 4.69) is 21.2 Å². The first-order valence-corrected chi connectivity index (χ1v) is 8.88. The number of halogens is 1. The molecule has 1 N–H and O–H groups in total. The molecule has 3 rings (SSSR count). The van der Waals surface area contributed by atoms with Gasteiger partial charge in [0.15, 0.2) is 0 Å². The lowest BCUT2D eigenvalue weighted by Crippen LogP contribution is -2.46. The Morgan fingerprint density at radius 1 is 1.23 bits per heavy atom. The number of rotatable bonds is 5. The van der Waals surface area contributed by atoms with E-state index in [4.69, 9.17) is 4.74 Å². The fraction of sp³-hybridized carbons (Fsp3) is 0.211. The number of benzene rings is 2. The Hall–Kier alpha value is -2.67. The third kappa shape index (κ3) is 3.10. The van der Waals surface area contributed by atoms with Gasteiger partial charge in [-0.25, -0.2) is 0 Å². The molecule has 0 spiro atoms. The predicted octanol–water partition coefficient (Wildman–Crippen LogP) is 3.40. The molecule has 0 saturated heterocycles. The van der Waals surface area contributed by atoms with E-state index in [1.807, 2.05) is 0 Å². The van der Waals surface area contributed by atoms with Gasteiger partial charge in [0.2, 0.25) is 5.91 Å². The number of nitrogens with one attached hydrogen (secondary N) is 1. The first-order valence-electron chi connectivity index (χ1n) is 8.09. The highest BCUT2D eigenvalue weighted by molar-refractivity contribution is 9.10. The number of anilines is 2. The Balaban J connectivity index is 1.93. The van der Waals surface area contributed by atoms with Crippen LogP contribution in [-0.4, -0.2) is 30.7 Å². The molecule has 0 aromatic heterocycles. The number of hydrogen-bond donors (Lipinski definition) is 1. The summed E-state index contributed by atoms with van der Waals surface area (Å²) in [4.78, 5) is 38.9. The van der Waals surface area contributed by atoms with Gasteiger partial charge in [-0.15, -0.1) is 0 Å². The van der Waals surface area contributed by atoms with Gasteiger partial charge in [-0.05, 0) is 36.8 Å². The number of ketones is 1. The summed E-state index contributed by atoms with van der Waals surface area (Å²) in [5, 5.41) is 2.79. The molecule has 6 nitrogen and oxygen atoms in total. The molecule has 1 heterocycles. The fourth-order valence-electron chi connectivity index (χ4n) is 2.99. The van der Waals surface area contributed by atoms with E-state index in [1.54, 1.807) is 49.4 Å². The smallest absolute Gasteiger partial charge is 0.300 e. The van der Waals surface area contributed by atoms with Crippen molar-refractivity contribution in [2.75, 3.05) is 17.3 Å². The van der Waals surface area contributed by atoms with Crippen LogP contribution in [0, 0.1) is 0 Å². The lowest BCUT2D eigenvalue weighted by atomic mass is 10.1. The van der Waals surface area contributed by atoms with Gasteiger partial charge in [0, 0.05) is 4.47 Å². The summed E-state index contributed by atoms with van der Waals surface area (Å²) in [6.45, 7) is 1.79. The van der Waals surface area contributed by atoms with Crippen molar-refractivity contribution in [3.8, 4) is 5.75 Å². The number of nitrogens with zero attached hydrogens (tertiary/aromatic N) is 1. The lowest BCUT2D eigenvalue weighted by molar-refractivity contribution is -0.121. The molecule has 0 radical (unpaired) electrons. The average Bonchev–Trinajstić information content (AvgIpc) is 2.88. The summed E-state index contributed by atoms with van der Waals surface area (Å²) in [5.74, 6) is -1.16. The Kier molecular flexibility index (Phi) is 5.08. The maximum Gasteiger partial charge on any atom is 0.300 e. The van der Waals surface area contributed by atoms with Crippen molar-refractivity contribution in [1.82, 2.24) is 0 Å². The van der Waals surface area contributed by atoms with Gasteiger partial charge in [-0.3, -0.25) is 19.3 Å². The SMILES string of the molecule is CCC(C(=O)Nc1ccccc1OC)N1C(=O)C(=O)c2cc(Br)ccc21. The van der Waals surface area contributed by atoms with E-state index in [0.29, 0.717) is 33.6 Å². The molecule has 2 aromatic rings. The number of Topliss-reactive ketones (excluding diaryl/α,β-unsaturated/α-hetero) is 1. The van der Waals surface area contributed by atoms with Crippen molar-refractivity contribution in [1.29, 1.82) is 0 Å². The molecular formula is C19H17BrN2O4. The van der Waals surface area contributed by atoms with Crippen LogP contribution in [0.4, 0.5) is 11.4 Å². The molecule has 0 fully saturated rings. The minimum atomic E-state index is -0.807. The third-order valence-electron chi connectivity index (χ3n) is 4.24. The molecule has 0 aliphatic carbocycles. The average molecular weight is 417 g/mol. The second-order valence-corrected chi connectivity index (χ2v) is 6.70.